The molecule has 1 aromatic heterocycles. The van der Waals surface area contributed by atoms with Crippen molar-refractivity contribution in [3.63, 3.8) is 0 Å². The summed E-state index contributed by atoms with van der Waals surface area (Å²) in [5.74, 6) is 0.983. The predicted molar refractivity (Wildman–Crippen MR) is 61.8 cm³/mol. The Morgan fingerprint density at radius 1 is 1.57 bits per heavy atom. The minimum Gasteiger partial charge on any atom is -0.401 e. The fourth-order valence-electron chi connectivity index (χ4n) is 1.07. The van der Waals surface area contributed by atoms with Crippen molar-refractivity contribution < 1.29 is 0 Å². The molecule has 3 heteroatoms. The molecule has 0 unspecified atom stereocenters. The van der Waals surface area contributed by atoms with Gasteiger partial charge in [0.05, 0.1) is 5.69 Å². The minimum atomic E-state index is 0.790. The minimum absolute atomic E-state index is 0.790. The molecule has 0 aromatic carbocycles. The zero-order valence-corrected chi connectivity index (χ0v) is 9.83. The van der Waals surface area contributed by atoms with Crippen LogP contribution < -0.4 is 5.73 Å². The van der Waals surface area contributed by atoms with Crippen molar-refractivity contribution in [3.8, 4) is 0 Å². The summed E-state index contributed by atoms with van der Waals surface area (Å²) in [7, 11) is 0. The predicted octanol–water partition coefficient (Wildman–Crippen LogP) is 2.56. The van der Waals surface area contributed by atoms with E-state index in [1.807, 2.05) is 44.7 Å². The molecule has 0 saturated carbocycles. The van der Waals surface area contributed by atoms with Crippen LogP contribution in [0.25, 0.3) is 6.20 Å². The molecule has 2 N–H and O–H groups in total. The van der Waals surface area contributed by atoms with Crippen molar-refractivity contribution in [1.82, 2.24) is 9.55 Å². The van der Waals surface area contributed by atoms with E-state index in [0.717, 1.165) is 23.6 Å². The van der Waals surface area contributed by atoms with Gasteiger partial charge in [-0.3, -0.25) is 0 Å². The molecule has 1 aromatic rings. The topological polar surface area (TPSA) is 43.8 Å². The Hall–Kier alpha value is -1.25. The van der Waals surface area contributed by atoms with Crippen LogP contribution >= 0.6 is 0 Å². The lowest BCUT2D eigenvalue weighted by Crippen LogP contribution is -1.95. The first-order valence-electron chi connectivity index (χ1n) is 5.11. The molecule has 0 saturated heterocycles. The van der Waals surface area contributed by atoms with Crippen LogP contribution in [-0.2, 0) is 6.42 Å². The van der Waals surface area contributed by atoms with Crippen molar-refractivity contribution in [1.29, 1.82) is 0 Å². The maximum atomic E-state index is 5.56. The Morgan fingerprint density at radius 3 is 2.50 bits per heavy atom. The fraction of sp³-hybridized carbons (Fsp3) is 0.545. The average molecular weight is 195 g/mol. The number of hydrogen-bond acceptors (Lipinski definition) is 2. The number of aryl methyl sites for hydroxylation is 2. The highest BCUT2D eigenvalue weighted by Crippen LogP contribution is 2.04. The third-order valence-electron chi connectivity index (χ3n) is 1.67. The zero-order valence-electron chi connectivity index (χ0n) is 9.83. The number of nitrogens with two attached hydrogens (primary N) is 1. The van der Waals surface area contributed by atoms with Crippen LogP contribution in [0.2, 0.25) is 0 Å². The van der Waals surface area contributed by atoms with Crippen molar-refractivity contribution in [2.24, 2.45) is 5.73 Å². The van der Waals surface area contributed by atoms with Crippen molar-refractivity contribution in [2.45, 2.75) is 41.0 Å². The van der Waals surface area contributed by atoms with Crippen LogP contribution in [0.1, 0.15) is 39.2 Å². The molecule has 0 bridgehead atoms. The Balaban J connectivity index is 0.000000791. The lowest BCUT2D eigenvalue weighted by molar-refractivity contribution is 1.01. The van der Waals surface area contributed by atoms with Gasteiger partial charge in [-0.15, -0.1) is 0 Å². The quantitative estimate of drug-likeness (QED) is 0.788. The standard InChI is InChI=1S/C9H15N3.C2H6/c1-4-9-6-12(5-7(2)10)8(3)11-9;1-2/h5-6H,4,10H2,1-3H3;1-2H3/b7-5-;. The van der Waals surface area contributed by atoms with Gasteiger partial charge >= 0.3 is 0 Å². The zero-order chi connectivity index (χ0) is 11.1. The first-order valence-corrected chi connectivity index (χ1v) is 5.11. The van der Waals surface area contributed by atoms with E-state index >= 15 is 0 Å². The normalized spacial score (nSPS) is 10.8. The molecule has 3 nitrogen and oxygen atoms in total. The Bertz CT molecular complexity index is 293. The molecular weight excluding hydrogens is 174 g/mol. The van der Waals surface area contributed by atoms with Gasteiger partial charge in [0, 0.05) is 18.1 Å². The Morgan fingerprint density at radius 2 is 2.14 bits per heavy atom. The molecule has 80 valence electrons. The molecule has 0 aliphatic carbocycles. The van der Waals surface area contributed by atoms with Crippen LogP contribution in [0.4, 0.5) is 0 Å². The number of allylic oxidation sites excluding steroid dienone is 1. The van der Waals surface area contributed by atoms with E-state index in [1.165, 1.54) is 0 Å². The van der Waals surface area contributed by atoms with Gasteiger partial charge in [0.2, 0.25) is 0 Å². The summed E-state index contributed by atoms with van der Waals surface area (Å²) in [4.78, 5) is 4.35. The number of nitrogens with zero attached hydrogens (tertiary/aromatic N) is 2. The highest BCUT2D eigenvalue weighted by molar-refractivity contribution is 5.30. The molecule has 0 aliphatic heterocycles. The monoisotopic (exact) mass is 195 g/mol. The number of aromatic nitrogens is 2. The SMILES string of the molecule is CC.CCc1cn(/C=C(/C)N)c(C)n1. The molecule has 1 rings (SSSR count). The van der Waals surface area contributed by atoms with Gasteiger partial charge in [-0.1, -0.05) is 20.8 Å². The van der Waals surface area contributed by atoms with E-state index in [-0.39, 0.29) is 0 Å². The third-order valence-corrected chi connectivity index (χ3v) is 1.67. The van der Waals surface area contributed by atoms with Crippen molar-refractivity contribution >= 4 is 6.20 Å². The van der Waals surface area contributed by atoms with Crippen LogP contribution in [0.5, 0.6) is 0 Å². The maximum absolute atomic E-state index is 5.56. The summed E-state index contributed by atoms with van der Waals surface area (Å²) in [6.45, 7) is 9.93. The fourth-order valence-corrected chi connectivity index (χ4v) is 1.07. The maximum Gasteiger partial charge on any atom is 0.109 e. The van der Waals surface area contributed by atoms with Crippen LogP contribution in [0, 0.1) is 6.92 Å². The van der Waals surface area contributed by atoms with Crippen LogP contribution in [0.15, 0.2) is 11.9 Å². The van der Waals surface area contributed by atoms with Gasteiger partial charge in [-0.25, -0.2) is 4.98 Å². The summed E-state index contributed by atoms with van der Waals surface area (Å²) in [6, 6.07) is 0. The van der Waals surface area contributed by atoms with E-state index < -0.39 is 0 Å². The molecule has 0 atom stereocenters. The van der Waals surface area contributed by atoms with E-state index in [2.05, 4.69) is 11.9 Å². The van der Waals surface area contributed by atoms with Crippen molar-refractivity contribution in [2.75, 3.05) is 0 Å². The van der Waals surface area contributed by atoms with Crippen molar-refractivity contribution in [3.05, 3.63) is 23.4 Å². The lowest BCUT2D eigenvalue weighted by atomic mass is 10.4. The van der Waals surface area contributed by atoms with Gasteiger partial charge in [0.1, 0.15) is 5.82 Å². The molecule has 0 aliphatic rings. The Labute approximate surface area is 86.6 Å². The van der Waals surface area contributed by atoms with Gasteiger partial charge in [0.25, 0.3) is 0 Å². The molecule has 0 radical (unpaired) electrons. The van der Waals surface area contributed by atoms with E-state index in [9.17, 15) is 0 Å². The van der Waals surface area contributed by atoms with E-state index in [0.29, 0.717) is 0 Å². The van der Waals surface area contributed by atoms with Gasteiger partial charge in [0.15, 0.2) is 0 Å². The second-order valence-corrected chi connectivity index (χ2v) is 2.91. The smallest absolute Gasteiger partial charge is 0.109 e. The number of rotatable bonds is 2. The summed E-state index contributed by atoms with van der Waals surface area (Å²) in [5, 5.41) is 0. The summed E-state index contributed by atoms with van der Waals surface area (Å²) in [5.41, 5.74) is 7.45. The second kappa shape index (κ2) is 6.24. The average Bonchev–Trinajstić information content (AvgIpc) is 2.50. The van der Waals surface area contributed by atoms with E-state index in [1.54, 1.807) is 0 Å². The highest BCUT2D eigenvalue weighted by Gasteiger charge is 1.98. The second-order valence-electron chi connectivity index (χ2n) is 2.91. The summed E-state index contributed by atoms with van der Waals surface area (Å²) < 4.78 is 1.95. The van der Waals surface area contributed by atoms with Gasteiger partial charge < -0.3 is 10.3 Å². The lowest BCUT2D eigenvalue weighted by Gasteiger charge is -1.95. The van der Waals surface area contributed by atoms with E-state index in [4.69, 9.17) is 5.73 Å². The van der Waals surface area contributed by atoms with Gasteiger partial charge in [-0.2, -0.15) is 0 Å². The molecule has 0 fully saturated rings. The molecular formula is C11H21N3. The molecule has 0 spiro atoms. The molecule has 14 heavy (non-hydrogen) atoms. The first kappa shape index (κ1) is 12.8. The van der Waals surface area contributed by atoms with Gasteiger partial charge in [-0.05, 0) is 20.3 Å². The van der Waals surface area contributed by atoms with Crippen LogP contribution in [-0.4, -0.2) is 9.55 Å². The summed E-state index contributed by atoms with van der Waals surface area (Å²) in [6.07, 6.45) is 4.85. The third kappa shape index (κ3) is 3.64. The molecule has 0 amide bonds. The number of hydrogen-bond donors (Lipinski definition) is 1. The first-order chi connectivity index (χ1) is 6.63. The highest BCUT2D eigenvalue weighted by atomic mass is 15.1. The Kier molecular flexibility index (Phi) is 5.68. The molecule has 1 heterocycles. The van der Waals surface area contributed by atoms with Crippen LogP contribution in [0.3, 0.4) is 0 Å². The number of imidazole rings is 1. The largest absolute Gasteiger partial charge is 0.401 e. The summed E-state index contributed by atoms with van der Waals surface area (Å²) >= 11 is 0.